The lowest BCUT2D eigenvalue weighted by Crippen LogP contribution is -2.23. The zero-order chi connectivity index (χ0) is 13.6. The van der Waals surface area contributed by atoms with E-state index in [1.165, 1.54) is 0 Å². The van der Waals surface area contributed by atoms with E-state index in [-0.39, 0.29) is 5.71 Å². The molecular weight excluding hydrogens is 234 g/mol. The van der Waals surface area contributed by atoms with Crippen molar-refractivity contribution in [1.82, 2.24) is 0 Å². The molecule has 5 heteroatoms. The average Bonchev–Trinajstić information content (AvgIpc) is 2.29. The average molecular weight is 249 g/mol. The van der Waals surface area contributed by atoms with Gasteiger partial charge in [-0.15, -0.1) is 0 Å². The first kappa shape index (κ1) is 13.9. The van der Waals surface area contributed by atoms with Gasteiger partial charge in [-0.2, -0.15) is 0 Å². The molecule has 18 heavy (non-hydrogen) atoms. The summed E-state index contributed by atoms with van der Waals surface area (Å²) < 4.78 is 4.88. The Balaban J connectivity index is 2.70. The molecule has 0 bridgehead atoms. The first-order valence-corrected chi connectivity index (χ1v) is 5.41. The fourth-order valence-electron chi connectivity index (χ4n) is 1.11. The lowest BCUT2D eigenvalue weighted by molar-refractivity contribution is -0.102. The van der Waals surface area contributed by atoms with Crippen molar-refractivity contribution in [1.29, 1.82) is 0 Å². The molecule has 0 amide bonds. The molecule has 1 aromatic rings. The van der Waals surface area contributed by atoms with E-state index in [1.54, 1.807) is 51.1 Å². The van der Waals surface area contributed by atoms with E-state index in [0.717, 1.165) is 0 Å². The van der Waals surface area contributed by atoms with Crippen LogP contribution in [0, 0.1) is 0 Å². The number of hydrogen-bond acceptors (Lipinski definition) is 5. The summed E-state index contributed by atoms with van der Waals surface area (Å²) >= 11 is 0. The number of nitrogens with zero attached hydrogens (tertiary/aromatic N) is 1. The molecule has 0 N–H and O–H groups in total. The van der Waals surface area contributed by atoms with Crippen molar-refractivity contribution in [2.75, 3.05) is 0 Å². The van der Waals surface area contributed by atoms with Gasteiger partial charge in [-0.1, -0.05) is 35.5 Å². The lowest BCUT2D eigenvalue weighted by atomic mass is 10.1. The number of oxime groups is 1. The summed E-state index contributed by atoms with van der Waals surface area (Å²) in [6.07, 6.45) is -0.433. The lowest BCUT2D eigenvalue weighted by Gasteiger charge is -2.17. The van der Waals surface area contributed by atoms with Gasteiger partial charge in [0.05, 0.1) is 0 Å². The third-order valence-corrected chi connectivity index (χ3v) is 1.79. The first-order chi connectivity index (χ1) is 8.42. The van der Waals surface area contributed by atoms with Crippen molar-refractivity contribution >= 4 is 18.2 Å². The predicted molar refractivity (Wildman–Crippen MR) is 66.4 cm³/mol. The van der Waals surface area contributed by atoms with Crippen LogP contribution in [-0.2, 0) is 14.4 Å². The second-order valence-corrected chi connectivity index (χ2v) is 4.52. The van der Waals surface area contributed by atoms with Gasteiger partial charge in [0.1, 0.15) is 5.60 Å². The molecule has 0 spiro atoms. The van der Waals surface area contributed by atoms with Gasteiger partial charge in [-0.05, 0) is 20.8 Å². The molecule has 0 aliphatic rings. The van der Waals surface area contributed by atoms with Gasteiger partial charge in [-0.25, -0.2) is 4.79 Å². The van der Waals surface area contributed by atoms with Crippen LogP contribution in [-0.4, -0.2) is 23.8 Å². The Bertz CT molecular complexity index is 446. The molecule has 0 aliphatic carbocycles. The number of benzene rings is 1. The van der Waals surface area contributed by atoms with Gasteiger partial charge < -0.3 is 4.74 Å². The SMILES string of the molecule is CC(C)(C)OC(=O)ON=C(C=O)c1ccccc1. The number of carbonyl (C=O) groups is 2. The Hall–Kier alpha value is -2.17. The molecule has 0 radical (unpaired) electrons. The Morgan fingerprint density at radius 2 is 1.83 bits per heavy atom. The molecule has 5 nitrogen and oxygen atoms in total. The van der Waals surface area contributed by atoms with Gasteiger partial charge in [0, 0.05) is 5.56 Å². The molecule has 0 aliphatic heterocycles. The van der Waals surface area contributed by atoms with Crippen molar-refractivity contribution in [3.05, 3.63) is 35.9 Å². The summed E-state index contributed by atoms with van der Waals surface area (Å²) in [6, 6.07) is 8.68. The van der Waals surface area contributed by atoms with Gasteiger partial charge in [-0.3, -0.25) is 9.63 Å². The van der Waals surface area contributed by atoms with E-state index in [2.05, 4.69) is 9.99 Å². The molecule has 0 aromatic heterocycles. The van der Waals surface area contributed by atoms with Crippen LogP contribution < -0.4 is 0 Å². The number of hydrogen-bond donors (Lipinski definition) is 0. The van der Waals surface area contributed by atoms with Crippen LogP contribution in [0.2, 0.25) is 0 Å². The van der Waals surface area contributed by atoms with E-state index in [4.69, 9.17) is 4.74 Å². The standard InChI is InChI=1S/C13H15NO4/c1-13(2,3)17-12(16)18-14-11(9-15)10-7-5-4-6-8-10/h4-9H,1-3H3. The minimum absolute atomic E-state index is 0.0291. The number of aldehydes is 1. The summed E-state index contributed by atoms with van der Waals surface area (Å²) in [4.78, 5) is 26.6. The smallest absolute Gasteiger partial charge is 0.427 e. The van der Waals surface area contributed by atoms with E-state index in [9.17, 15) is 9.59 Å². The first-order valence-electron chi connectivity index (χ1n) is 5.41. The monoisotopic (exact) mass is 249 g/mol. The maximum Gasteiger partial charge on any atom is 0.535 e. The molecule has 0 heterocycles. The van der Waals surface area contributed by atoms with Crippen molar-refractivity contribution in [3.8, 4) is 0 Å². The number of rotatable bonds is 3. The van der Waals surface area contributed by atoms with Crippen molar-refractivity contribution in [2.45, 2.75) is 26.4 Å². The highest BCUT2D eigenvalue weighted by Crippen LogP contribution is 2.08. The minimum atomic E-state index is -0.946. The van der Waals surface area contributed by atoms with Crippen LogP contribution in [0.5, 0.6) is 0 Å². The Morgan fingerprint density at radius 3 is 2.33 bits per heavy atom. The van der Waals surface area contributed by atoms with Crippen molar-refractivity contribution < 1.29 is 19.2 Å². The fraction of sp³-hybridized carbons (Fsp3) is 0.308. The molecule has 1 aromatic carbocycles. The van der Waals surface area contributed by atoms with E-state index >= 15 is 0 Å². The Morgan fingerprint density at radius 1 is 1.22 bits per heavy atom. The van der Waals surface area contributed by atoms with Gasteiger partial charge in [0.2, 0.25) is 0 Å². The largest absolute Gasteiger partial charge is 0.535 e. The molecule has 1 rings (SSSR count). The fourth-order valence-corrected chi connectivity index (χ4v) is 1.11. The number of carbonyl (C=O) groups excluding carboxylic acids is 2. The van der Waals surface area contributed by atoms with Crippen LogP contribution in [0.1, 0.15) is 26.3 Å². The van der Waals surface area contributed by atoms with Crippen LogP contribution in [0.15, 0.2) is 35.5 Å². The second-order valence-electron chi connectivity index (χ2n) is 4.52. The Labute approximate surface area is 105 Å². The Kier molecular flexibility index (Phi) is 4.59. The van der Waals surface area contributed by atoms with Crippen molar-refractivity contribution in [3.63, 3.8) is 0 Å². The highest BCUT2D eigenvalue weighted by atomic mass is 16.8. The highest BCUT2D eigenvalue weighted by molar-refractivity contribution is 6.36. The number of ether oxygens (including phenoxy) is 1. The molecule has 0 fully saturated rings. The zero-order valence-corrected chi connectivity index (χ0v) is 10.5. The maximum atomic E-state index is 11.2. The van der Waals surface area contributed by atoms with Crippen LogP contribution >= 0.6 is 0 Å². The van der Waals surface area contributed by atoms with Gasteiger partial charge >= 0.3 is 6.16 Å². The van der Waals surface area contributed by atoms with Crippen molar-refractivity contribution in [2.24, 2.45) is 5.16 Å². The normalized spacial score (nSPS) is 11.8. The van der Waals surface area contributed by atoms with E-state index < -0.39 is 11.8 Å². The van der Waals surface area contributed by atoms with E-state index in [0.29, 0.717) is 11.8 Å². The summed E-state index contributed by atoms with van der Waals surface area (Å²) in [5, 5.41) is 3.47. The summed E-state index contributed by atoms with van der Waals surface area (Å²) in [5.74, 6) is 0. The molecule has 96 valence electrons. The predicted octanol–water partition coefficient (Wildman–Crippen LogP) is 2.54. The van der Waals surface area contributed by atoms with Gasteiger partial charge in [0.25, 0.3) is 0 Å². The molecule has 0 unspecified atom stereocenters. The highest BCUT2D eigenvalue weighted by Gasteiger charge is 2.17. The molecule has 0 atom stereocenters. The van der Waals surface area contributed by atoms with Gasteiger partial charge in [0.15, 0.2) is 12.0 Å². The molecular formula is C13H15NO4. The van der Waals surface area contributed by atoms with Crippen LogP contribution in [0.4, 0.5) is 4.79 Å². The third-order valence-electron chi connectivity index (χ3n) is 1.79. The summed E-state index contributed by atoms with van der Waals surface area (Å²) in [7, 11) is 0. The quantitative estimate of drug-likeness (QED) is 0.271. The minimum Gasteiger partial charge on any atom is -0.427 e. The van der Waals surface area contributed by atoms with Crippen LogP contribution in [0.3, 0.4) is 0 Å². The molecule has 0 saturated carbocycles. The van der Waals surface area contributed by atoms with E-state index in [1.807, 2.05) is 0 Å². The maximum absolute atomic E-state index is 11.2. The topological polar surface area (TPSA) is 65.0 Å². The second kappa shape index (κ2) is 5.95. The summed E-state index contributed by atoms with van der Waals surface area (Å²) in [6.45, 7) is 5.11. The molecule has 0 saturated heterocycles. The third kappa shape index (κ3) is 4.78. The van der Waals surface area contributed by atoms with Crippen LogP contribution in [0.25, 0.3) is 0 Å². The summed E-state index contributed by atoms with van der Waals surface area (Å²) in [5.41, 5.74) is -0.0711. The zero-order valence-electron chi connectivity index (χ0n) is 10.5.